The summed E-state index contributed by atoms with van der Waals surface area (Å²) in [5.41, 5.74) is 0.764. The molecule has 0 aliphatic carbocycles. The Hall–Kier alpha value is -0.830. The summed E-state index contributed by atoms with van der Waals surface area (Å²) in [5, 5.41) is 4.23. The third-order valence-electron chi connectivity index (χ3n) is 3.21. The lowest BCUT2D eigenvalue weighted by Gasteiger charge is -2.22. The fraction of sp³-hybridized carbons (Fsp3) is 0.533. The van der Waals surface area contributed by atoms with Crippen molar-refractivity contribution < 1.29 is 13.2 Å². The summed E-state index contributed by atoms with van der Waals surface area (Å²) < 4.78 is 33.2. The van der Waals surface area contributed by atoms with Crippen molar-refractivity contribution >= 4 is 37.9 Å². The maximum atomic E-state index is 12.9. The summed E-state index contributed by atoms with van der Waals surface area (Å²) >= 11 is 2.14. The molecule has 0 N–H and O–H groups in total. The SMILES string of the molecule is CC(C)COc1cn2ncc(I)c2cc1S(=O)(=O)C(C)(C)C. The third-order valence-corrected chi connectivity index (χ3v) is 6.55. The molecule has 5 nitrogen and oxygen atoms in total. The zero-order chi connectivity index (χ0) is 16.7. The van der Waals surface area contributed by atoms with Crippen molar-refractivity contribution in [2.24, 2.45) is 5.92 Å². The van der Waals surface area contributed by atoms with E-state index in [1.54, 1.807) is 43.7 Å². The number of fused-ring (bicyclic) bond motifs is 1. The van der Waals surface area contributed by atoms with Gasteiger partial charge in [0.15, 0.2) is 15.6 Å². The number of ether oxygens (including phenoxy) is 1. The third kappa shape index (κ3) is 3.24. The summed E-state index contributed by atoms with van der Waals surface area (Å²) in [7, 11) is -3.51. The summed E-state index contributed by atoms with van der Waals surface area (Å²) in [6, 6.07) is 1.66. The normalized spacial score (nSPS) is 13.0. The van der Waals surface area contributed by atoms with Crippen molar-refractivity contribution in [3.05, 3.63) is 22.0 Å². The van der Waals surface area contributed by atoms with E-state index in [-0.39, 0.29) is 4.90 Å². The van der Waals surface area contributed by atoms with Crippen molar-refractivity contribution in [2.45, 2.75) is 44.3 Å². The molecule has 0 saturated heterocycles. The summed E-state index contributed by atoms with van der Waals surface area (Å²) in [6.07, 6.45) is 3.36. The first-order chi connectivity index (χ1) is 10.0. The molecular formula is C15H21IN2O3S. The van der Waals surface area contributed by atoms with E-state index >= 15 is 0 Å². The molecule has 0 aliphatic heterocycles. The monoisotopic (exact) mass is 436 g/mol. The summed E-state index contributed by atoms with van der Waals surface area (Å²) in [6.45, 7) is 9.58. The van der Waals surface area contributed by atoms with E-state index in [1.165, 1.54) is 0 Å². The Balaban J connectivity index is 2.67. The lowest BCUT2D eigenvalue weighted by molar-refractivity contribution is 0.263. The first-order valence-electron chi connectivity index (χ1n) is 7.08. The van der Waals surface area contributed by atoms with Crippen LogP contribution in [0.5, 0.6) is 5.75 Å². The van der Waals surface area contributed by atoms with Crippen LogP contribution < -0.4 is 4.74 Å². The number of pyridine rings is 1. The topological polar surface area (TPSA) is 60.7 Å². The highest BCUT2D eigenvalue weighted by atomic mass is 127. The molecule has 0 saturated carbocycles. The van der Waals surface area contributed by atoms with Crippen LogP contribution in [0.4, 0.5) is 0 Å². The Morgan fingerprint density at radius 1 is 1.36 bits per heavy atom. The van der Waals surface area contributed by atoms with Crippen molar-refractivity contribution in [1.29, 1.82) is 0 Å². The Kier molecular flexibility index (Phi) is 4.77. The van der Waals surface area contributed by atoms with Gasteiger partial charge in [-0.25, -0.2) is 12.9 Å². The predicted octanol–water partition coefficient (Wildman–Crippen LogP) is 3.55. The van der Waals surface area contributed by atoms with Gasteiger partial charge in [-0.1, -0.05) is 13.8 Å². The highest BCUT2D eigenvalue weighted by Gasteiger charge is 2.34. The molecule has 0 atom stereocenters. The quantitative estimate of drug-likeness (QED) is 0.688. The minimum atomic E-state index is -3.51. The van der Waals surface area contributed by atoms with Crippen molar-refractivity contribution in [2.75, 3.05) is 6.61 Å². The first-order valence-corrected chi connectivity index (χ1v) is 9.64. The number of hydrogen-bond acceptors (Lipinski definition) is 4. The molecule has 0 aliphatic rings. The molecule has 22 heavy (non-hydrogen) atoms. The van der Waals surface area contributed by atoms with E-state index in [0.717, 1.165) is 9.09 Å². The van der Waals surface area contributed by atoms with E-state index in [2.05, 4.69) is 27.7 Å². The maximum Gasteiger partial charge on any atom is 0.187 e. The van der Waals surface area contributed by atoms with E-state index in [4.69, 9.17) is 4.74 Å². The van der Waals surface area contributed by atoms with Crippen LogP contribution in [0.15, 0.2) is 23.4 Å². The van der Waals surface area contributed by atoms with Crippen LogP contribution in [-0.2, 0) is 9.84 Å². The standard InChI is InChI=1S/C15H21IN2O3S/c1-10(2)9-21-13-8-18-12(11(16)7-17-18)6-14(13)22(19,20)15(3,4)5/h6-8,10H,9H2,1-5H3. The van der Waals surface area contributed by atoms with Gasteiger partial charge in [-0.15, -0.1) is 0 Å². The molecule has 2 aromatic rings. The number of rotatable bonds is 4. The van der Waals surface area contributed by atoms with Crippen LogP contribution in [0.3, 0.4) is 0 Å². The van der Waals surface area contributed by atoms with E-state index < -0.39 is 14.6 Å². The first kappa shape index (κ1) is 17.5. The number of halogens is 1. The van der Waals surface area contributed by atoms with E-state index in [9.17, 15) is 8.42 Å². The smallest absolute Gasteiger partial charge is 0.187 e. The van der Waals surface area contributed by atoms with Gasteiger partial charge in [0.25, 0.3) is 0 Å². The van der Waals surface area contributed by atoms with Gasteiger partial charge in [0, 0.05) is 0 Å². The fourth-order valence-corrected chi connectivity index (χ4v) is 3.69. The van der Waals surface area contributed by atoms with Crippen LogP contribution in [0.1, 0.15) is 34.6 Å². The van der Waals surface area contributed by atoms with Crippen LogP contribution in [-0.4, -0.2) is 29.4 Å². The predicted molar refractivity (Wildman–Crippen MR) is 95.2 cm³/mol. The molecule has 122 valence electrons. The molecule has 2 heterocycles. The second-order valence-electron chi connectivity index (χ2n) is 6.64. The zero-order valence-electron chi connectivity index (χ0n) is 13.4. The molecule has 0 spiro atoms. The zero-order valence-corrected chi connectivity index (χ0v) is 16.4. The summed E-state index contributed by atoms with van der Waals surface area (Å²) in [5.74, 6) is 0.661. The van der Waals surface area contributed by atoms with Gasteiger partial charge < -0.3 is 4.74 Å². The van der Waals surface area contributed by atoms with Crippen molar-refractivity contribution in [3.63, 3.8) is 0 Å². The highest BCUT2D eigenvalue weighted by molar-refractivity contribution is 14.1. The maximum absolute atomic E-state index is 12.9. The number of sulfone groups is 1. The van der Waals surface area contributed by atoms with Crippen LogP contribution in [0.2, 0.25) is 0 Å². The number of nitrogens with zero attached hydrogens (tertiary/aromatic N) is 2. The molecule has 0 aromatic carbocycles. The Labute approximate surface area is 145 Å². The van der Waals surface area contributed by atoms with Gasteiger partial charge in [-0.3, -0.25) is 0 Å². The molecule has 0 fully saturated rings. The molecule has 0 bridgehead atoms. The Morgan fingerprint density at radius 2 is 2.00 bits per heavy atom. The summed E-state index contributed by atoms with van der Waals surface area (Å²) in [4.78, 5) is 0.228. The molecule has 7 heteroatoms. The van der Waals surface area contributed by atoms with Crippen molar-refractivity contribution in [1.82, 2.24) is 9.61 Å². The Morgan fingerprint density at radius 3 is 2.55 bits per heavy atom. The van der Waals surface area contributed by atoms with Crippen LogP contribution in [0.25, 0.3) is 5.52 Å². The lowest BCUT2D eigenvalue weighted by atomic mass is 10.2. The van der Waals surface area contributed by atoms with Gasteiger partial charge in [0.05, 0.1) is 32.8 Å². The molecule has 2 rings (SSSR count). The molecule has 0 amide bonds. The minimum absolute atomic E-state index is 0.228. The van der Waals surface area contributed by atoms with Gasteiger partial charge in [0.2, 0.25) is 0 Å². The second kappa shape index (κ2) is 5.99. The average molecular weight is 436 g/mol. The van der Waals surface area contributed by atoms with Crippen LogP contribution >= 0.6 is 22.6 Å². The molecule has 2 aromatic heterocycles. The fourth-order valence-electron chi connectivity index (χ4n) is 1.86. The molecular weight excluding hydrogens is 415 g/mol. The van der Waals surface area contributed by atoms with E-state index in [1.807, 2.05) is 13.8 Å². The average Bonchev–Trinajstić information content (AvgIpc) is 2.75. The molecule has 0 unspecified atom stereocenters. The Bertz CT molecular complexity index is 789. The largest absolute Gasteiger partial charge is 0.490 e. The van der Waals surface area contributed by atoms with Crippen LogP contribution in [0, 0.1) is 9.49 Å². The number of hydrogen-bond donors (Lipinski definition) is 0. The van der Waals surface area contributed by atoms with Gasteiger partial charge in [0.1, 0.15) is 4.90 Å². The molecule has 0 radical (unpaired) electrons. The van der Waals surface area contributed by atoms with Gasteiger partial charge >= 0.3 is 0 Å². The van der Waals surface area contributed by atoms with Gasteiger partial charge in [-0.05, 0) is 55.3 Å². The van der Waals surface area contributed by atoms with Gasteiger partial charge in [-0.2, -0.15) is 5.10 Å². The highest BCUT2D eigenvalue weighted by Crippen LogP contribution is 2.34. The minimum Gasteiger partial charge on any atom is -0.490 e. The number of aromatic nitrogens is 2. The second-order valence-corrected chi connectivity index (χ2v) is 10.5. The van der Waals surface area contributed by atoms with E-state index in [0.29, 0.717) is 18.3 Å². The lowest BCUT2D eigenvalue weighted by Crippen LogP contribution is -2.28. The van der Waals surface area contributed by atoms with Crippen molar-refractivity contribution in [3.8, 4) is 5.75 Å².